The standard InChI is InChI=1S/C16H24N4O/c1-11(2)8-20-16(18-10-19-20)9-21-15-7-12(3)5-6-14(15)13(4)17/h5-7,10-11,13H,8-9,17H2,1-4H3/t13-/m0/s1. The van der Waals surface area contributed by atoms with E-state index in [1.54, 1.807) is 6.33 Å². The zero-order valence-corrected chi connectivity index (χ0v) is 13.2. The highest BCUT2D eigenvalue weighted by Crippen LogP contribution is 2.25. The van der Waals surface area contributed by atoms with Gasteiger partial charge in [-0.15, -0.1) is 0 Å². The number of benzene rings is 1. The lowest BCUT2D eigenvalue weighted by molar-refractivity contribution is 0.278. The zero-order chi connectivity index (χ0) is 15.4. The van der Waals surface area contributed by atoms with Crippen LogP contribution in [0.4, 0.5) is 0 Å². The van der Waals surface area contributed by atoms with Gasteiger partial charge < -0.3 is 10.5 Å². The molecular formula is C16H24N4O. The molecule has 2 rings (SSSR count). The summed E-state index contributed by atoms with van der Waals surface area (Å²) in [4.78, 5) is 4.28. The van der Waals surface area contributed by atoms with Crippen molar-refractivity contribution in [2.75, 3.05) is 0 Å². The molecule has 0 saturated carbocycles. The van der Waals surface area contributed by atoms with Crippen LogP contribution in [0.3, 0.4) is 0 Å². The van der Waals surface area contributed by atoms with E-state index in [1.165, 1.54) is 0 Å². The Morgan fingerprint density at radius 2 is 2.05 bits per heavy atom. The number of hydrogen-bond donors (Lipinski definition) is 1. The van der Waals surface area contributed by atoms with E-state index >= 15 is 0 Å². The van der Waals surface area contributed by atoms with E-state index in [0.29, 0.717) is 12.5 Å². The number of hydrogen-bond acceptors (Lipinski definition) is 4. The van der Waals surface area contributed by atoms with E-state index in [1.807, 2.05) is 36.7 Å². The molecule has 0 spiro atoms. The van der Waals surface area contributed by atoms with Crippen LogP contribution in [-0.4, -0.2) is 14.8 Å². The fraction of sp³-hybridized carbons (Fsp3) is 0.500. The van der Waals surface area contributed by atoms with Crippen molar-refractivity contribution in [1.82, 2.24) is 14.8 Å². The third kappa shape index (κ3) is 4.04. The van der Waals surface area contributed by atoms with Gasteiger partial charge in [-0.25, -0.2) is 9.67 Å². The van der Waals surface area contributed by atoms with Crippen molar-refractivity contribution < 1.29 is 4.74 Å². The van der Waals surface area contributed by atoms with Crippen LogP contribution in [-0.2, 0) is 13.2 Å². The molecule has 0 aliphatic rings. The molecular weight excluding hydrogens is 264 g/mol. The SMILES string of the molecule is Cc1ccc([C@H](C)N)c(OCc2ncnn2CC(C)C)c1. The van der Waals surface area contributed by atoms with Crippen molar-refractivity contribution in [2.45, 2.75) is 46.9 Å². The largest absolute Gasteiger partial charge is 0.485 e. The second kappa shape index (κ2) is 6.72. The van der Waals surface area contributed by atoms with Gasteiger partial charge in [-0.3, -0.25) is 0 Å². The average Bonchev–Trinajstić information content (AvgIpc) is 2.82. The Balaban J connectivity index is 2.13. The Hall–Kier alpha value is -1.88. The van der Waals surface area contributed by atoms with Gasteiger partial charge in [-0.1, -0.05) is 26.0 Å². The van der Waals surface area contributed by atoms with E-state index in [9.17, 15) is 0 Å². The van der Waals surface area contributed by atoms with Crippen molar-refractivity contribution in [3.05, 3.63) is 41.5 Å². The fourth-order valence-electron chi connectivity index (χ4n) is 2.18. The van der Waals surface area contributed by atoms with E-state index in [4.69, 9.17) is 10.5 Å². The maximum absolute atomic E-state index is 6.00. The van der Waals surface area contributed by atoms with Crippen LogP contribution in [0.1, 0.15) is 43.8 Å². The third-order valence-corrected chi connectivity index (χ3v) is 3.25. The predicted octanol–water partition coefficient (Wildman–Crippen LogP) is 2.84. The second-order valence-corrected chi connectivity index (χ2v) is 5.87. The molecule has 2 N–H and O–H groups in total. The van der Waals surface area contributed by atoms with Crippen LogP contribution in [0.5, 0.6) is 5.75 Å². The number of aryl methyl sites for hydroxylation is 1. The Bertz CT molecular complexity index is 590. The summed E-state index contributed by atoms with van der Waals surface area (Å²) in [6, 6.07) is 6.03. The lowest BCUT2D eigenvalue weighted by atomic mass is 10.1. The minimum absolute atomic E-state index is 0.0610. The van der Waals surface area contributed by atoms with Crippen molar-refractivity contribution >= 4 is 0 Å². The zero-order valence-electron chi connectivity index (χ0n) is 13.2. The van der Waals surface area contributed by atoms with Gasteiger partial charge in [-0.2, -0.15) is 5.10 Å². The number of nitrogens with two attached hydrogens (primary N) is 1. The van der Waals surface area contributed by atoms with Crippen molar-refractivity contribution in [3.8, 4) is 5.75 Å². The maximum Gasteiger partial charge on any atom is 0.164 e. The molecule has 0 bridgehead atoms. The molecule has 1 heterocycles. The molecule has 0 aliphatic carbocycles. The molecule has 0 amide bonds. The third-order valence-electron chi connectivity index (χ3n) is 3.25. The first-order valence-electron chi connectivity index (χ1n) is 7.33. The van der Waals surface area contributed by atoms with Crippen molar-refractivity contribution in [1.29, 1.82) is 0 Å². The van der Waals surface area contributed by atoms with Crippen LogP contribution >= 0.6 is 0 Å². The summed E-state index contributed by atoms with van der Waals surface area (Å²) in [5.74, 6) is 2.17. The number of aromatic nitrogens is 3. The summed E-state index contributed by atoms with van der Waals surface area (Å²) in [5.41, 5.74) is 8.16. The Morgan fingerprint density at radius 1 is 1.29 bits per heavy atom. The molecule has 1 aromatic heterocycles. The Kier molecular flexibility index (Phi) is 4.96. The summed E-state index contributed by atoms with van der Waals surface area (Å²) in [5, 5.41) is 4.24. The molecule has 5 nitrogen and oxygen atoms in total. The molecule has 1 atom stereocenters. The predicted molar refractivity (Wildman–Crippen MR) is 83.0 cm³/mol. The monoisotopic (exact) mass is 288 g/mol. The highest BCUT2D eigenvalue weighted by Gasteiger charge is 2.11. The first-order valence-corrected chi connectivity index (χ1v) is 7.33. The highest BCUT2D eigenvalue weighted by atomic mass is 16.5. The van der Waals surface area contributed by atoms with Crippen molar-refractivity contribution in [2.24, 2.45) is 11.7 Å². The van der Waals surface area contributed by atoms with Gasteiger partial charge >= 0.3 is 0 Å². The van der Waals surface area contributed by atoms with E-state index in [0.717, 1.165) is 29.2 Å². The first-order chi connectivity index (χ1) is 9.97. The molecule has 0 aliphatic heterocycles. The summed E-state index contributed by atoms with van der Waals surface area (Å²) in [6.07, 6.45) is 1.57. The summed E-state index contributed by atoms with van der Waals surface area (Å²) in [6.45, 7) is 9.54. The number of nitrogens with zero attached hydrogens (tertiary/aromatic N) is 3. The summed E-state index contributed by atoms with van der Waals surface area (Å²) in [7, 11) is 0. The van der Waals surface area contributed by atoms with Gasteiger partial charge in [0, 0.05) is 18.2 Å². The molecule has 21 heavy (non-hydrogen) atoms. The lowest BCUT2D eigenvalue weighted by Crippen LogP contribution is -2.13. The molecule has 1 aromatic carbocycles. The maximum atomic E-state index is 6.00. The minimum atomic E-state index is -0.0610. The second-order valence-electron chi connectivity index (χ2n) is 5.87. The molecule has 5 heteroatoms. The van der Waals surface area contributed by atoms with E-state index in [2.05, 4.69) is 23.9 Å². The molecule has 0 radical (unpaired) electrons. The topological polar surface area (TPSA) is 66.0 Å². The number of ether oxygens (including phenoxy) is 1. The fourth-order valence-corrected chi connectivity index (χ4v) is 2.18. The highest BCUT2D eigenvalue weighted by molar-refractivity contribution is 5.38. The van der Waals surface area contributed by atoms with Crippen molar-refractivity contribution in [3.63, 3.8) is 0 Å². The molecule has 0 fully saturated rings. The molecule has 114 valence electrons. The van der Waals surface area contributed by atoms with Gasteiger partial charge in [0.25, 0.3) is 0 Å². The lowest BCUT2D eigenvalue weighted by Gasteiger charge is -2.15. The Labute approximate surface area is 126 Å². The average molecular weight is 288 g/mol. The summed E-state index contributed by atoms with van der Waals surface area (Å²) < 4.78 is 7.84. The quantitative estimate of drug-likeness (QED) is 0.887. The normalized spacial score (nSPS) is 12.7. The summed E-state index contributed by atoms with van der Waals surface area (Å²) >= 11 is 0. The first kappa shape index (κ1) is 15.5. The van der Waals surface area contributed by atoms with Crippen LogP contribution in [0, 0.1) is 12.8 Å². The molecule has 0 saturated heterocycles. The molecule has 0 unspecified atom stereocenters. The van der Waals surface area contributed by atoms with Gasteiger partial charge in [0.05, 0.1) is 0 Å². The van der Waals surface area contributed by atoms with E-state index < -0.39 is 0 Å². The van der Waals surface area contributed by atoms with Gasteiger partial charge in [0.1, 0.15) is 18.7 Å². The van der Waals surface area contributed by atoms with Crippen LogP contribution in [0.15, 0.2) is 24.5 Å². The van der Waals surface area contributed by atoms with Crippen LogP contribution in [0.2, 0.25) is 0 Å². The smallest absolute Gasteiger partial charge is 0.164 e. The van der Waals surface area contributed by atoms with Gasteiger partial charge in [0.2, 0.25) is 0 Å². The van der Waals surface area contributed by atoms with Gasteiger partial charge in [0.15, 0.2) is 5.82 Å². The van der Waals surface area contributed by atoms with E-state index in [-0.39, 0.29) is 6.04 Å². The molecule has 2 aromatic rings. The minimum Gasteiger partial charge on any atom is -0.485 e. The Morgan fingerprint density at radius 3 is 2.71 bits per heavy atom. The van der Waals surface area contributed by atoms with Crippen LogP contribution < -0.4 is 10.5 Å². The number of rotatable bonds is 6. The van der Waals surface area contributed by atoms with Crippen LogP contribution in [0.25, 0.3) is 0 Å². The van der Waals surface area contributed by atoms with Gasteiger partial charge in [-0.05, 0) is 31.4 Å².